The van der Waals surface area contributed by atoms with Gasteiger partial charge in [0.05, 0.1) is 13.2 Å². The third kappa shape index (κ3) is 5.28. The molecule has 0 aromatic heterocycles. The number of hydrogen-bond acceptors (Lipinski definition) is 3. The molecule has 3 aromatic carbocycles. The molecule has 0 amide bonds. The van der Waals surface area contributed by atoms with Crippen LogP contribution in [0, 0.1) is 5.82 Å². The summed E-state index contributed by atoms with van der Waals surface area (Å²) in [6.07, 6.45) is 0.468. The predicted octanol–water partition coefficient (Wildman–Crippen LogP) is 6.12. The molecule has 0 saturated carbocycles. The summed E-state index contributed by atoms with van der Waals surface area (Å²) in [5.41, 5.74) is 2.19. The lowest BCUT2D eigenvalue weighted by Gasteiger charge is -2.44. The highest BCUT2D eigenvalue weighted by atomic mass is 35.5. The highest BCUT2D eigenvalue weighted by Crippen LogP contribution is 2.39. The van der Waals surface area contributed by atoms with Crippen LogP contribution < -0.4 is 5.32 Å². The van der Waals surface area contributed by atoms with Crippen LogP contribution in [0.1, 0.15) is 23.1 Å². The lowest BCUT2D eigenvalue weighted by atomic mass is 9.82. The molecule has 3 nitrogen and oxygen atoms in total. The molecule has 0 radical (unpaired) electrons. The van der Waals surface area contributed by atoms with E-state index >= 15 is 0 Å². The van der Waals surface area contributed by atoms with Crippen molar-refractivity contribution in [2.24, 2.45) is 0 Å². The molecule has 1 aliphatic heterocycles. The van der Waals surface area contributed by atoms with Gasteiger partial charge in [0.1, 0.15) is 17.5 Å². The second kappa shape index (κ2) is 10.1. The van der Waals surface area contributed by atoms with Crippen LogP contribution >= 0.6 is 23.2 Å². The summed E-state index contributed by atoms with van der Waals surface area (Å²) >= 11 is 12.4. The van der Waals surface area contributed by atoms with Crippen molar-refractivity contribution in [2.75, 3.05) is 13.1 Å². The zero-order chi connectivity index (χ0) is 21.7. The summed E-state index contributed by atoms with van der Waals surface area (Å²) in [4.78, 5) is 0. The van der Waals surface area contributed by atoms with Crippen LogP contribution in [0.5, 0.6) is 0 Å². The van der Waals surface area contributed by atoms with Crippen LogP contribution in [0.4, 0.5) is 4.39 Å². The summed E-state index contributed by atoms with van der Waals surface area (Å²) < 4.78 is 26.4. The van der Waals surface area contributed by atoms with Gasteiger partial charge in [-0.25, -0.2) is 4.39 Å². The van der Waals surface area contributed by atoms with Crippen molar-refractivity contribution >= 4 is 23.2 Å². The van der Waals surface area contributed by atoms with E-state index in [1.807, 2.05) is 54.6 Å². The summed E-state index contributed by atoms with van der Waals surface area (Å²) in [5.74, 6) is -0.366. The van der Waals surface area contributed by atoms with Gasteiger partial charge in [0, 0.05) is 16.6 Å². The summed E-state index contributed by atoms with van der Waals surface area (Å²) in [5, 5.41) is 4.43. The van der Waals surface area contributed by atoms with Crippen LogP contribution in [0.3, 0.4) is 0 Å². The Morgan fingerprint density at radius 2 is 1.74 bits per heavy atom. The molecule has 4 rings (SSSR count). The number of hydrogen-bond donors (Lipinski definition) is 1. The molecule has 6 heteroatoms. The Kier molecular flexibility index (Phi) is 7.26. The fourth-order valence-corrected chi connectivity index (χ4v) is 4.30. The van der Waals surface area contributed by atoms with E-state index in [4.69, 9.17) is 32.7 Å². The van der Waals surface area contributed by atoms with Crippen LogP contribution in [-0.2, 0) is 28.3 Å². The van der Waals surface area contributed by atoms with Crippen molar-refractivity contribution in [3.8, 4) is 0 Å². The maximum atomic E-state index is 13.4. The second-order valence-corrected chi connectivity index (χ2v) is 8.50. The fourth-order valence-electron chi connectivity index (χ4n) is 3.95. The first kappa shape index (κ1) is 22.3. The Labute approximate surface area is 192 Å². The number of benzene rings is 3. The zero-order valence-electron chi connectivity index (χ0n) is 17.0. The van der Waals surface area contributed by atoms with Crippen LogP contribution in [0.25, 0.3) is 0 Å². The molecule has 31 heavy (non-hydrogen) atoms. The topological polar surface area (TPSA) is 30.5 Å². The molecule has 0 aliphatic carbocycles. The number of nitrogens with one attached hydrogen (secondary N) is 1. The van der Waals surface area contributed by atoms with E-state index in [2.05, 4.69) is 5.32 Å². The average molecular weight is 460 g/mol. The minimum absolute atomic E-state index is 0.259. The Morgan fingerprint density at radius 1 is 0.968 bits per heavy atom. The van der Waals surface area contributed by atoms with E-state index in [-0.39, 0.29) is 18.5 Å². The summed E-state index contributed by atoms with van der Waals surface area (Å²) in [6, 6.07) is 22.2. The Morgan fingerprint density at radius 3 is 2.48 bits per heavy atom. The molecule has 3 aromatic rings. The Hall–Kier alpha value is -1.95. The molecule has 162 valence electrons. The Bertz CT molecular complexity index is 1000. The molecule has 1 heterocycles. The van der Waals surface area contributed by atoms with E-state index in [1.165, 1.54) is 12.1 Å². The molecule has 1 fully saturated rings. The van der Waals surface area contributed by atoms with Crippen molar-refractivity contribution in [2.45, 2.75) is 31.3 Å². The molecule has 1 saturated heterocycles. The van der Waals surface area contributed by atoms with Crippen LogP contribution in [-0.4, -0.2) is 19.2 Å². The minimum Gasteiger partial charge on any atom is -0.369 e. The van der Waals surface area contributed by atoms with Gasteiger partial charge in [-0.3, -0.25) is 0 Å². The van der Waals surface area contributed by atoms with Gasteiger partial charge in [-0.15, -0.1) is 0 Å². The van der Waals surface area contributed by atoms with Crippen molar-refractivity contribution in [3.63, 3.8) is 0 Å². The molecule has 1 N–H and O–H groups in total. The number of piperidine rings is 1. The summed E-state index contributed by atoms with van der Waals surface area (Å²) in [7, 11) is 0. The van der Waals surface area contributed by atoms with E-state index in [9.17, 15) is 4.39 Å². The monoisotopic (exact) mass is 459 g/mol. The van der Waals surface area contributed by atoms with Gasteiger partial charge in [-0.1, -0.05) is 71.7 Å². The maximum absolute atomic E-state index is 13.4. The van der Waals surface area contributed by atoms with E-state index in [0.717, 1.165) is 29.7 Å². The van der Waals surface area contributed by atoms with Crippen molar-refractivity contribution in [1.29, 1.82) is 0 Å². The maximum Gasteiger partial charge on any atom is 0.124 e. The smallest absolute Gasteiger partial charge is 0.124 e. The molecule has 1 aliphatic rings. The van der Waals surface area contributed by atoms with Crippen molar-refractivity contribution in [1.82, 2.24) is 5.32 Å². The average Bonchev–Trinajstić information content (AvgIpc) is 2.79. The quantitative estimate of drug-likeness (QED) is 0.461. The van der Waals surface area contributed by atoms with Crippen molar-refractivity contribution in [3.05, 3.63) is 105 Å². The minimum atomic E-state index is -0.655. The lowest BCUT2D eigenvalue weighted by molar-refractivity contribution is -0.176. The largest absolute Gasteiger partial charge is 0.369 e. The molecule has 2 atom stereocenters. The molecular weight excluding hydrogens is 436 g/mol. The van der Waals surface area contributed by atoms with Gasteiger partial charge < -0.3 is 14.8 Å². The van der Waals surface area contributed by atoms with E-state index in [1.54, 1.807) is 6.07 Å². The van der Waals surface area contributed by atoms with Crippen molar-refractivity contribution < 1.29 is 13.9 Å². The first-order chi connectivity index (χ1) is 15.1. The fraction of sp³-hybridized carbons (Fsp3) is 0.280. The standard InChI is InChI=1S/C25H24Cl2FNO2/c26-21-9-7-20(8-10-21)25(31-16-18-4-2-1-3-5-18)12-13-29-15-24(25)30-17-19-6-11-22(28)14-23(19)27/h1-11,14,24,29H,12-13,15-17H2/t24-,25-/m0/s1. The first-order valence-corrected chi connectivity index (χ1v) is 11.0. The van der Waals surface area contributed by atoms with Gasteiger partial charge in [-0.2, -0.15) is 0 Å². The SMILES string of the molecule is Fc1ccc(CO[C@H]2CNCC[C@]2(OCc2ccccc2)c2ccc(Cl)cc2)c(Cl)c1. The second-order valence-electron chi connectivity index (χ2n) is 7.66. The van der Waals surface area contributed by atoms with Gasteiger partial charge >= 0.3 is 0 Å². The van der Waals surface area contributed by atoms with Gasteiger partial charge in [0.2, 0.25) is 0 Å². The normalized spacial score (nSPS) is 21.2. The first-order valence-electron chi connectivity index (χ1n) is 10.3. The van der Waals surface area contributed by atoms with Gasteiger partial charge in [0.25, 0.3) is 0 Å². The molecule has 0 unspecified atom stereocenters. The van der Waals surface area contributed by atoms with Gasteiger partial charge in [0.15, 0.2) is 0 Å². The van der Waals surface area contributed by atoms with Crippen LogP contribution in [0.15, 0.2) is 72.8 Å². The number of halogens is 3. The molecular formula is C25H24Cl2FNO2. The van der Waals surface area contributed by atoms with Gasteiger partial charge in [-0.05, 0) is 53.9 Å². The van der Waals surface area contributed by atoms with E-state index in [0.29, 0.717) is 23.2 Å². The zero-order valence-corrected chi connectivity index (χ0v) is 18.5. The van der Waals surface area contributed by atoms with Crippen LogP contribution in [0.2, 0.25) is 10.0 Å². The number of rotatable bonds is 7. The predicted molar refractivity (Wildman–Crippen MR) is 122 cm³/mol. The molecule has 0 spiro atoms. The van der Waals surface area contributed by atoms with E-state index < -0.39 is 5.60 Å². The third-order valence-electron chi connectivity index (χ3n) is 5.65. The highest BCUT2D eigenvalue weighted by Gasteiger charge is 2.44. The molecule has 0 bridgehead atoms. The lowest BCUT2D eigenvalue weighted by Crippen LogP contribution is -2.54. The third-order valence-corrected chi connectivity index (χ3v) is 6.25. The highest BCUT2D eigenvalue weighted by molar-refractivity contribution is 6.31. The summed E-state index contributed by atoms with van der Waals surface area (Å²) in [6.45, 7) is 2.14. The number of ether oxygens (including phenoxy) is 2. The Balaban J connectivity index is 1.61.